The van der Waals surface area contributed by atoms with Crippen LogP contribution in [-0.2, 0) is 4.74 Å². The fourth-order valence-corrected chi connectivity index (χ4v) is 1.82. The minimum atomic E-state index is -0.398. The van der Waals surface area contributed by atoms with Gasteiger partial charge in [0.25, 0.3) is 0 Å². The molecule has 2 nitrogen and oxygen atoms in total. The first-order chi connectivity index (χ1) is 7.66. The van der Waals surface area contributed by atoms with Crippen molar-refractivity contribution in [2.24, 2.45) is 0 Å². The second-order valence-electron chi connectivity index (χ2n) is 4.11. The minimum absolute atomic E-state index is 0.172. The van der Waals surface area contributed by atoms with Gasteiger partial charge in [-0.15, -0.1) is 0 Å². The summed E-state index contributed by atoms with van der Waals surface area (Å²) in [7, 11) is 0. The Balaban J connectivity index is 2.11. The molecule has 0 unspecified atom stereocenters. The standard InChI is InChI=1S/C12H15F2NO/c1-8-6-11(14)12(7-10(8)13)15-9-2-4-16-5-3-9/h6-7,9,15H,2-5H2,1H3. The lowest BCUT2D eigenvalue weighted by atomic mass is 10.1. The third-order valence-electron chi connectivity index (χ3n) is 2.83. The zero-order chi connectivity index (χ0) is 11.5. The van der Waals surface area contributed by atoms with Crippen LogP contribution in [0.3, 0.4) is 0 Å². The van der Waals surface area contributed by atoms with Crippen molar-refractivity contribution in [1.82, 2.24) is 0 Å². The van der Waals surface area contributed by atoms with E-state index < -0.39 is 5.82 Å². The molecule has 4 heteroatoms. The summed E-state index contributed by atoms with van der Waals surface area (Å²) in [5.74, 6) is -0.777. The summed E-state index contributed by atoms with van der Waals surface area (Å²) in [5, 5.41) is 3.02. The van der Waals surface area contributed by atoms with Gasteiger partial charge in [-0.1, -0.05) is 0 Å². The summed E-state index contributed by atoms with van der Waals surface area (Å²) in [6, 6.07) is 2.61. The number of nitrogens with one attached hydrogen (secondary N) is 1. The quantitative estimate of drug-likeness (QED) is 0.838. The van der Waals surface area contributed by atoms with E-state index >= 15 is 0 Å². The van der Waals surface area contributed by atoms with Crippen LogP contribution in [0.4, 0.5) is 14.5 Å². The van der Waals surface area contributed by atoms with Gasteiger partial charge in [0.2, 0.25) is 0 Å². The van der Waals surface area contributed by atoms with Gasteiger partial charge in [0, 0.05) is 25.3 Å². The molecule has 2 rings (SSSR count). The van der Waals surface area contributed by atoms with Crippen molar-refractivity contribution in [3.8, 4) is 0 Å². The van der Waals surface area contributed by atoms with Crippen LogP contribution in [-0.4, -0.2) is 19.3 Å². The molecule has 88 valence electrons. The highest BCUT2D eigenvalue weighted by atomic mass is 19.1. The number of hydrogen-bond acceptors (Lipinski definition) is 2. The summed E-state index contributed by atoms with van der Waals surface area (Å²) in [5.41, 5.74) is 0.574. The van der Waals surface area contributed by atoms with Gasteiger partial charge in [-0.2, -0.15) is 0 Å². The van der Waals surface area contributed by atoms with Crippen molar-refractivity contribution in [2.45, 2.75) is 25.8 Å². The smallest absolute Gasteiger partial charge is 0.146 e. The molecule has 0 amide bonds. The third-order valence-corrected chi connectivity index (χ3v) is 2.83. The van der Waals surface area contributed by atoms with E-state index in [-0.39, 0.29) is 17.5 Å². The maximum atomic E-state index is 13.5. The van der Waals surface area contributed by atoms with Crippen LogP contribution in [0.25, 0.3) is 0 Å². The SMILES string of the molecule is Cc1cc(F)c(NC2CCOCC2)cc1F. The first-order valence-corrected chi connectivity index (χ1v) is 5.47. The molecule has 0 bridgehead atoms. The van der Waals surface area contributed by atoms with E-state index in [9.17, 15) is 8.78 Å². The number of hydrogen-bond donors (Lipinski definition) is 1. The van der Waals surface area contributed by atoms with E-state index in [2.05, 4.69) is 5.32 Å². The Kier molecular flexibility index (Phi) is 3.39. The Morgan fingerprint density at radius 1 is 1.19 bits per heavy atom. The Hall–Kier alpha value is -1.16. The zero-order valence-corrected chi connectivity index (χ0v) is 9.22. The van der Waals surface area contributed by atoms with E-state index in [1.54, 1.807) is 6.92 Å². The molecule has 0 radical (unpaired) electrons. The van der Waals surface area contributed by atoms with Crippen LogP contribution >= 0.6 is 0 Å². The van der Waals surface area contributed by atoms with Crippen molar-refractivity contribution < 1.29 is 13.5 Å². The Labute approximate surface area is 93.6 Å². The van der Waals surface area contributed by atoms with Crippen LogP contribution < -0.4 is 5.32 Å². The van der Waals surface area contributed by atoms with Crippen LogP contribution in [0, 0.1) is 18.6 Å². The highest BCUT2D eigenvalue weighted by Gasteiger charge is 2.16. The predicted octanol–water partition coefficient (Wildman–Crippen LogP) is 2.86. The minimum Gasteiger partial charge on any atom is -0.381 e. The lowest BCUT2D eigenvalue weighted by Crippen LogP contribution is -2.28. The molecule has 0 aromatic heterocycles. The summed E-state index contributed by atoms with van der Waals surface area (Å²) in [4.78, 5) is 0. The average molecular weight is 227 g/mol. The largest absolute Gasteiger partial charge is 0.381 e. The lowest BCUT2D eigenvalue weighted by molar-refractivity contribution is 0.0904. The summed E-state index contributed by atoms with van der Waals surface area (Å²) in [6.07, 6.45) is 1.66. The topological polar surface area (TPSA) is 21.3 Å². The van der Waals surface area contributed by atoms with Crippen molar-refractivity contribution in [3.63, 3.8) is 0 Å². The van der Waals surface area contributed by atoms with Crippen molar-refractivity contribution in [3.05, 3.63) is 29.3 Å². The van der Waals surface area contributed by atoms with E-state index in [0.717, 1.165) is 12.8 Å². The van der Waals surface area contributed by atoms with Gasteiger partial charge in [-0.25, -0.2) is 8.78 Å². The molecule has 0 spiro atoms. The number of ether oxygens (including phenoxy) is 1. The number of halogens is 2. The predicted molar refractivity (Wildman–Crippen MR) is 58.6 cm³/mol. The highest BCUT2D eigenvalue weighted by molar-refractivity contribution is 5.47. The Morgan fingerprint density at radius 2 is 1.88 bits per heavy atom. The van der Waals surface area contributed by atoms with E-state index in [4.69, 9.17) is 4.74 Å². The molecule has 1 heterocycles. The first kappa shape index (κ1) is 11.3. The molecule has 1 N–H and O–H groups in total. The molecule has 16 heavy (non-hydrogen) atoms. The van der Waals surface area contributed by atoms with Gasteiger partial charge in [0.1, 0.15) is 11.6 Å². The summed E-state index contributed by atoms with van der Waals surface area (Å²) in [6.45, 7) is 2.90. The molecule has 1 aliphatic rings. The van der Waals surface area contributed by atoms with E-state index in [1.165, 1.54) is 12.1 Å². The second-order valence-corrected chi connectivity index (χ2v) is 4.11. The van der Waals surface area contributed by atoms with Gasteiger partial charge in [0.15, 0.2) is 0 Å². The van der Waals surface area contributed by atoms with Crippen LogP contribution in [0.1, 0.15) is 18.4 Å². The van der Waals surface area contributed by atoms with Gasteiger partial charge in [0.05, 0.1) is 5.69 Å². The normalized spacial score (nSPS) is 17.4. The number of benzene rings is 1. The maximum absolute atomic E-state index is 13.5. The van der Waals surface area contributed by atoms with Crippen LogP contribution in [0.5, 0.6) is 0 Å². The highest BCUT2D eigenvalue weighted by Crippen LogP contribution is 2.21. The van der Waals surface area contributed by atoms with E-state index in [0.29, 0.717) is 18.8 Å². The zero-order valence-electron chi connectivity index (χ0n) is 9.22. The molecule has 1 aromatic rings. The third kappa shape index (κ3) is 2.50. The maximum Gasteiger partial charge on any atom is 0.146 e. The fraction of sp³-hybridized carbons (Fsp3) is 0.500. The molecule has 1 aromatic carbocycles. The molecular formula is C12H15F2NO. The van der Waals surface area contributed by atoms with Gasteiger partial charge < -0.3 is 10.1 Å². The van der Waals surface area contributed by atoms with Gasteiger partial charge >= 0.3 is 0 Å². The van der Waals surface area contributed by atoms with Gasteiger partial charge in [-0.3, -0.25) is 0 Å². The van der Waals surface area contributed by atoms with Crippen molar-refractivity contribution in [2.75, 3.05) is 18.5 Å². The molecule has 0 atom stereocenters. The summed E-state index contributed by atoms with van der Waals surface area (Å²) < 4.78 is 32.0. The molecular weight excluding hydrogens is 212 g/mol. The molecule has 1 fully saturated rings. The fourth-order valence-electron chi connectivity index (χ4n) is 1.82. The Bertz CT molecular complexity index is 376. The molecule has 0 saturated carbocycles. The Morgan fingerprint density at radius 3 is 2.56 bits per heavy atom. The van der Waals surface area contributed by atoms with Crippen molar-refractivity contribution in [1.29, 1.82) is 0 Å². The molecule has 1 aliphatic heterocycles. The monoisotopic (exact) mass is 227 g/mol. The van der Waals surface area contributed by atoms with Crippen LogP contribution in [0.15, 0.2) is 12.1 Å². The van der Waals surface area contributed by atoms with E-state index in [1.807, 2.05) is 0 Å². The lowest BCUT2D eigenvalue weighted by Gasteiger charge is -2.24. The number of anilines is 1. The second kappa shape index (κ2) is 4.78. The number of rotatable bonds is 2. The number of aryl methyl sites for hydroxylation is 1. The van der Waals surface area contributed by atoms with Crippen LogP contribution in [0.2, 0.25) is 0 Å². The summed E-state index contributed by atoms with van der Waals surface area (Å²) >= 11 is 0. The average Bonchev–Trinajstić information content (AvgIpc) is 2.27. The first-order valence-electron chi connectivity index (χ1n) is 5.47. The molecule has 1 saturated heterocycles. The molecule has 0 aliphatic carbocycles. The van der Waals surface area contributed by atoms with Gasteiger partial charge in [-0.05, 0) is 31.4 Å². The van der Waals surface area contributed by atoms with Crippen molar-refractivity contribution >= 4 is 5.69 Å².